The van der Waals surface area contributed by atoms with Gasteiger partial charge in [-0.3, -0.25) is 14.6 Å². The number of pyridine rings is 1. The smallest absolute Gasteiger partial charge is 0.270 e. The van der Waals surface area contributed by atoms with Gasteiger partial charge in [-0.2, -0.15) is 0 Å². The van der Waals surface area contributed by atoms with E-state index in [4.69, 9.17) is 0 Å². The Bertz CT molecular complexity index is 751. The summed E-state index contributed by atoms with van der Waals surface area (Å²) in [6.07, 6.45) is 8.16. The highest BCUT2D eigenvalue weighted by atomic mass is 16.2. The number of nitrogens with one attached hydrogen (secondary N) is 1. The van der Waals surface area contributed by atoms with Crippen molar-refractivity contribution >= 4 is 17.9 Å². The van der Waals surface area contributed by atoms with Crippen molar-refractivity contribution in [2.75, 3.05) is 13.1 Å². The van der Waals surface area contributed by atoms with Gasteiger partial charge in [0.25, 0.3) is 11.8 Å². The predicted octanol–water partition coefficient (Wildman–Crippen LogP) is 2.87. The first-order valence-electron chi connectivity index (χ1n) is 8.51. The van der Waals surface area contributed by atoms with Gasteiger partial charge in [0.1, 0.15) is 5.70 Å². The van der Waals surface area contributed by atoms with Crippen LogP contribution in [-0.4, -0.2) is 34.8 Å². The van der Waals surface area contributed by atoms with E-state index in [0.717, 1.165) is 37.9 Å². The zero-order valence-electron chi connectivity index (χ0n) is 14.0. The molecule has 1 aliphatic rings. The van der Waals surface area contributed by atoms with Gasteiger partial charge in [0.05, 0.1) is 0 Å². The van der Waals surface area contributed by atoms with Crippen LogP contribution in [0.5, 0.6) is 0 Å². The second kappa shape index (κ2) is 8.24. The van der Waals surface area contributed by atoms with Gasteiger partial charge in [-0.25, -0.2) is 0 Å². The van der Waals surface area contributed by atoms with Crippen molar-refractivity contribution in [1.29, 1.82) is 0 Å². The van der Waals surface area contributed by atoms with Crippen LogP contribution >= 0.6 is 0 Å². The van der Waals surface area contributed by atoms with Crippen LogP contribution in [0.25, 0.3) is 6.08 Å². The molecule has 1 aliphatic heterocycles. The molecule has 0 unspecified atom stereocenters. The third-order valence-corrected chi connectivity index (χ3v) is 4.15. The van der Waals surface area contributed by atoms with Crippen molar-refractivity contribution in [1.82, 2.24) is 15.2 Å². The summed E-state index contributed by atoms with van der Waals surface area (Å²) in [5, 5.41) is 2.78. The maximum Gasteiger partial charge on any atom is 0.270 e. The molecule has 0 radical (unpaired) electrons. The fraction of sp³-hybridized carbons (Fsp3) is 0.250. The number of hydrogen-bond acceptors (Lipinski definition) is 3. The quantitative estimate of drug-likeness (QED) is 0.874. The first kappa shape index (κ1) is 16.9. The summed E-state index contributed by atoms with van der Waals surface area (Å²) in [5.41, 5.74) is 1.58. The summed E-state index contributed by atoms with van der Waals surface area (Å²) in [7, 11) is 0. The first-order valence-corrected chi connectivity index (χ1v) is 8.51. The molecule has 3 rings (SSSR count). The minimum Gasteiger partial charge on any atom is -0.337 e. The molecule has 0 saturated carbocycles. The molecule has 0 spiro atoms. The van der Waals surface area contributed by atoms with E-state index in [-0.39, 0.29) is 17.5 Å². The summed E-state index contributed by atoms with van der Waals surface area (Å²) in [6.45, 7) is 1.45. The van der Waals surface area contributed by atoms with Gasteiger partial charge in [-0.15, -0.1) is 0 Å². The fourth-order valence-electron chi connectivity index (χ4n) is 2.83. The van der Waals surface area contributed by atoms with Gasteiger partial charge in [-0.1, -0.05) is 24.3 Å². The molecule has 128 valence electrons. The summed E-state index contributed by atoms with van der Waals surface area (Å²) in [6, 6.07) is 12.5. The Morgan fingerprint density at radius 1 is 1.00 bits per heavy atom. The molecule has 1 N–H and O–H groups in total. The van der Waals surface area contributed by atoms with Gasteiger partial charge < -0.3 is 10.2 Å². The van der Waals surface area contributed by atoms with Crippen molar-refractivity contribution < 1.29 is 9.59 Å². The highest BCUT2D eigenvalue weighted by Crippen LogP contribution is 2.14. The van der Waals surface area contributed by atoms with Crippen LogP contribution < -0.4 is 5.32 Å². The van der Waals surface area contributed by atoms with E-state index in [2.05, 4.69) is 10.3 Å². The molecule has 1 saturated heterocycles. The maximum absolute atomic E-state index is 12.9. The van der Waals surface area contributed by atoms with E-state index in [1.807, 2.05) is 12.1 Å². The molecule has 0 bridgehead atoms. The number of nitrogens with zero attached hydrogens (tertiary/aromatic N) is 2. The lowest BCUT2D eigenvalue weighted by molar-refractivity contribution is -0.128. The normalized spacial score (nSPS) is 14.9. The zero-order chi connectivity index (χ0) is 17.5. The monoisotopic (exact) mass is 335 g/mol. The highest BCUT2D eigenvalue weighted by molar-refractivity contribution is 6.05. The molecule has 1 fully saturated rings. The van der Waals surface area contributed by atoms with Gasteiger partial charge in [0.15, 0.2) is 0 Å². The molecule has 0 aliphatic carbocycles. The van der Waals surface area contributed by atoms with E-state index < -0.39 is 0 Å². The summed E-state index contributed by atoms with van der Waals surface area (Å²) in [4.78, 5) is 31.3. The van der Waals surface area contributed by atoms with Gasteiger partial charge in [0.2, 0.25) is 0 Å². The molecule has 2 heterocycles. The lowest BCUT2D eigenvalue weighted by atomic mass is 10.1. The van der Waals surface area contributed by atoms with E-state index >= 15 is 0 Å². The Morgan fingerprint density at radius 3 is 2.44 bits per heavy atom. The van der Waals surface area contributed by atoms with Crippen molar-refractivity contribution in [2.45, 2.75) is 19.3 Å². The van der Waals surface area contributed by atoms with Crippen LogP contribution in [0.2, 0.25) is 0 Å². The standard InChI is InChI=1S/C20H21N3O2/c24-19(17-9-3-1-4-10-17)22-18(14-16-8-7-11-21-15-16)20(25)23-12-5-2-6-13-23/h1,3-4,7-11,14-15H,2,5-6,12-13H2,(H,22,24). The zero-order valence-corrected chi connectivity index (χ0v) is 14.0. The van der Waals surface area contributed by atoms with Crippen LogP contribution in [0.1, 0.15) is 35.2 Å². The number of rotatable bonds is 4. The summed E-state index contributed by atoms with van der Waals surface area (Å²) >= 11 is 0. The van der Waals surface area contributed by atoms with Crippen molar-refractivity contribution in [3.8, 4) is 0 Å². The molecule has 25 heavy (non-hydrogen) atoms. The fourth-order valence-corrected chi connectivity index (χ4v) is 2.83. The Hall–Kier alpha value is -2.95. The second-order valence-electron chi connectivity index (χ2n) is 6.02. The SMILES string of the molecule is O=C(NC(=Cc1cccnc1)C(=O)N1CCCCC1)c1ccccc1. The van der Waals surface area contributed by atoms with Crippen LogP contribution in [0, 0.1) is 0 Å². The molecule has 5 heteroatoms. The van der Waals surface area contributed by atoms with Crippen LogP contribution in [0.3, 0.4) is 0 Å². The Morgan fingerprint density at radius 2 is 1.76 bits per heavy atom. The molecule has 0 atom stereocenters. The van der Waals surface area contributed by atoms with E-state index in [1.54, 1.807) is 53.7 Å². The third-order valence-electron chi connectivity index (χ3n) is 4.15. The number of aromatic nitrogens is 1. The average Bonchev–Trinajstić information content (AvgIpc) is 2.69. The Balaban J connectivity index is 1.85. The van der Waals surface area contributed by atoms with E-state index in [1.165, 1.54) is 0 Å². The second-order valence-corrected chi connectivity index (χ2v) is 6.02. The maximum atomic E-state index is 12.9. The summed E-state index contributed by atoms with van der Waals surface area (Å²) in [5.74, 6) is -0.436. The number of carbonyl (C=O) groups is 2. The number of carbonyl (C=O) groups excluding carboxylic acids is 2. The van der Waals surface area contributed by atoms with E-state index in [9.17, 15) is 9.59 Å². The van der Waals surface area contributed by atoms with Crippen LogP contribution in [0.4, 0.5) is 0 Å². The van der Waals surface area contributed by atoms with Crippen molar-refractivity contribution in [3.05, 3.63) is 71.7 Å². The minimum atomic E-state index is -0.291. The number of amides is 2. The first-order chi connectivity index (χ1) is 12.2. The molecule has 2 amide bonds. The number of piperidine rings is 1. The molecule has 5 nitrogen and oxygen atoms in total. The predicted molar refractivity (Wildman–Crippen MR) is 96.6 cm³/mol. The molecule has 1 aromatic carbocycles. The lowest BCUT2D eigenvalue weighted by Gasteiger charge is -2.27. The lowest BCUT2D eigenvalue weighted by Crippen LogP contribution is -2.41. The molecule has 2 aromatic rings. The third kappa shape index (κ3) is 4.53. The van der Waals surface area contributed by atoms with Gasteiger partial charge in [0, 0.05) is 31.0 Å². The Kier molecular flexibility index (Phi) is 5.57. The molecular weight excluding hydrogens is 314 g/mol. The topological polar surface area (TPSA) is 62.3 Å². The van der Waals surface area contributed by atoms with Crippen LogP contribution in [-0.2, 0) is 4.79 Å². The Labute approximate surface area is 147 Å². The molecule has 1 aromatic heterocycles. The number of likely N-dealkylation sites (tertiary alicyclic amines) is 1. The van der Waals surface area contributed by atoms with Gasteiger partial charge >= 0.3 is 0 Å². The average molecular weight is 335 g/mol. The van der Waals surface area contributed by atoms with Gasteiger partial charge in [-0.05, 0) is 49.1 Å². The number of benzene rings is 1. The molecular formula is C20H21N3O2. The van der Waals surface area contributed by atoms with Crippen molar-refractivity contribution in [3.63, 3.8) is 0 Å². The van der Waals surface area contributed by atoms with Crippen LogP contribution in [0.15, 0.2) is 60.6 Å². The highest BCUT2D eigenvalue weighted by Gasteiger charge is 2.22. The largest absolute Gasteiger partial charge is 0.337 e. The minimum absolute atomic E-state index is 0.146. The van der Waals surface area contributed by atoms with Crippen molar-refractivity contribution in [2.24, 2.45) is 0 Å². The summed E-state index contributed by atoms with van der Waals surface area (Å²) < 4.78 is 0. The van der Waals surface area contributed by atoms with E-state index in [0.29, 0.717) is 5.56 Å². The number of hydrogen-bond donors (Lipinski definition) is 1.